The summed E-state index contributed by atoms with van der Waals surface area (Å²) in [4.78, 5) is 25.7. The lowest BCUT2D eigenvalue weighted by molar-refractivity contribution is -0.137. The van der Waals surface area contributed by atoms with Gasteiger partial charge in [0, 0.05) is 19.5 Å². The Morgan fingerprint density at radius 2 is 1.96 bits per heavy atom. The Balaban J connectivity index is 2.06. The number of hydrogen-bond acceptors (Lipinski definition) is 2. The molecule has 2 rings (SSSR count). The van der Waals surface area contributed by atoms with E-state index in [2.05, 4.69) is 13.8 Å². The van der Waals surface area contributed by atoms with Gasteiger partial charge in [-0.2, -0.15) is 0 Å². The molecule has 1 heterocycles. The van der Waals surface area contributed by atoms with Crippen LogP contribution in [0.3, 0.4) is 0 Å². The van der Waals surface area contributed by atoms with Crippen molar-refractivity contribution in [3.05, 3.63) is 35.9 Å². The molecule has 0 spiro atoms. The third-order valence-electron chi connectivity index (χ3n) is 4.69. The Morgan fingerprint density at radius 3 is 2.57 bits per heavy atom. The normalized spacial score (nSPS) is 19.6. The van der Waals surface area contributed by atoms with Gasteiger partial charge in [-0.25, -0.2) is 0 Å². The minimum Gasteiger partial charge on any atom is -0.481 e. The first-order chi connectivity index (χ1) is 11.0. The topological polar surface area (TPSA) is 57.6 Å². The minimum atomic E-state index is -0.752. The average molecular weight is 317 g/mol. The zero-order chi connectivity index (χ0) is 16.8. The molecule has 0 saturated carbocycles. The van der Waals surface area contributed by atoms with Gasteiger partial charge in [-0.1, -0.05) is 44.2 Å². The molecule has 0 bridgehead atoms. The quantitative estimate of drug-likeness (QED) is 0.873. The number of carbonyl (C=O) groups is 2. The lowest BCUT2D eigenvalue weighted by Gasteiger charge is -2.36. The molecule has 1 fully saturated rings. The van der Waals surface area contributed by atoms with Gasteiger partial charge < -0.3 is 10.0 Å². The monoisotopic (exact) mass is 317 g/mol. The predicted molar refractivity (Wildman–Crippen MR) is 90.2 cm³/mol. The standard InChI is InChI=1S/C19H27NO3/c1-14(2)18(16-8-4-3-5-9-16)19(23)20-12-6-7-15(13-20)10-11-17(21)22/h3-5,8-9,14-15,18H,6-7,10-13H2,1-2H3,(H,21,22). The van der Waals surface area contributed by atoms with Gasteiger partial charge in [-0.05, 0) is 36.7 Å². The molecule has 0 aliphatic carbocycles. The lowest BCUT2D eigenvalue weighted by Crippen LogP contribution is -2.43. The van der Waals surface area contributed by atoms with Crippen molar-refractivity contribution in [1.82, 2.24) is 4.90 Å². The molecule has 0 radical (unpaired) electrons. The second-order valence-electron chi connectivity index (χ2n) is 6.86. The summed E-state index contributed by atoms with van der Waals surface area (Å²) in [5.41, 5.74) is 1.07. The van der Waals surface area contributed by atoms with Gasteiger partial charge in [-0.3, -0.25) is 9.59 Å². The molecule has 1 aromatic carbocycles. The van der Waals surface area contributed by atoms with E-state index in [-0.39, 0.29) is 24.2 Å². The summed E-state index contributed by atoms with van der Waals surface area (Å²) in [5, 5.41) is 8.85. The molecular formula is C19H27NO3. The van der Waals surface area contributed by atoms with Crippen LogP contribution in [-0.2, 0) is 9.59 Å². The molecule has 1 N–H and O–H groups in total. The first kappa shape index (κ1) is 17.5. The van der Waals surface area contributed by atoms with Crippen molar-refractivity contribution in [2.45, 2.75) is 45.4 Å². The van der Waals surface area contributed by atoms with Crippen molar-refractivity contribution in [3.63, 3.8) is 0 Å². The summed E-state index contributed by atoms with van der Waals surface area (Å²) < 4.78 is 0. The summed E-state index contributed by atoms with van der Waals surface area (Å²) in [5.74, 6) is -0.130. The molecule has 1 aromatic rings. The van der Waals surface area contributed by atoms with E-state index in [1.807, 2.05) is 35.2 Å². The highest BCUT2D eigenvalue weighted by atomic mass is 16.4. The van der Waals surface area contributed by atoms with Crippen LogP contribution in [0.25, 0.3) is 0 Å². The molecular weight excluding hydrogens is 290 g/mol. The second-order valence-corrected chi connectivity index (χ2v) is 6.86. The zero-order valence-electron chi connectivity index (χ0n) is 14.1. The van der Waals surface area contributed by atoms with E-state index in [9.17, 15) is 9.59 Å². The second kappa shape index (κ2) is 8.14. The van der Waals surface area contributed by atoms with E-state index in [0.717, 1.165) is 24.9 Å². The number of likely N-dealkylation sites (tertiary alicyclic amines) is 1. The number of nitrogens with zero attached hydrogens (tertiary/aromatic N) is 1. The lowest BCUT2D eigenvalue weighted by atomic mass is 9.85. The molecule has 0 aromatic heterocycles. The van der Waals surface area contributed by atoms with Gasteiger partial charge in [0.2, 0.25) is 5.91 Å². The predicted octanol–water partition coefficient (Wildman–Crippen LogP) is 3.53. The number of carbonyl (C=O) groups excluding carboxylic acids is 1. The van der Waals surface area contributed by atoms with E-state index in [0.29, 0.717) is 18.9 Å². The van der Waals surface area contributed by atoms with E-state index in [4.69, 9.17) is 5.11 Å². The Kier molecular flexibility index (Phi) is 6.20. The molecule has 1 saturated heterocycles. The number of amides is 1. The van der Waals surface area contributed by atoms with Crippen molar-refractivity contribution in [2.75, 3.05) is 13.1 Å². The maximum Gasteiger partial charge on any atom is 0.303 e. The molecule has 1 amide bonds. The average Bonchev–Trinajstić information content (AvgIpc) is 2.54. The molecule has 23 heavy (non-hydrogen) atoms. The van der Waals surface area contributed by atoms with Crippen LogP contribution in [0.1, 0.15) is 51.0 Å². The maximum atomic E-state index is 13.0. The third kappa shape index (κ3) is 4.81. The van der Waals surface area contributed by atoms with Gasteiger partial charge in [0.1, 0.15) is 0 Å². The van der Waals surface area contributed by atoms with E-state index in [1.54, 1.807) is 0 Å². The van der Waals surface area contributed by atoms with Crippen molar-refractivity contribution in [2.24, 2.45) is 11.8 Å². The molecule has 4 nitrogen and oxygen atoms in total. The zero-order valence-corrected chi connectivity index (χ0v) is 14.1. The van der Waals surface area contributed by atoms with Crippen LogP contribution < -0.4 is 0 Å². The summed E-state index contributed by atoms with van der Waals surface area (Å²) in [6, 6.07) is 9.96. The van der Waals surface area contributed by atoms with Gasteiger partial charge in [0.15, 0.2) is 0 Å². The van der Waals surface area contributed by atoms with Crippen LogP contribution in [-0.4, -0.2) is 35.0 Å². The molecule has 1 aliphatic rings. The SMILES string of the molecule is CC(C)C(C(=O)N1CCCC(CCC(=O)O)C1)c1ccccc1. The molecule has 1 aliphatic heterocycles. The van der Waals surface area contributed by atoms with Crippen LogP contribution in [0.5, 0.6) is 0 Å². The van der Waals surface area contributed by atoms with E-state index < -0.39 is 5.97 Å². The minimum absolute atomic E-state index is 0.116. The molecule has 4 heteroatoms. The Labute approximate surface area is 138 Å². The summed E-state index contributed by atoms with van der Waals surface area (Å²) >= 11 is 0. The summed E-state index contributed by atoms with van der Waals surface area (Å²) in [6.45, 7) is 5.66. The number of aliphatic carboxylic acids is 1. The number of hydrogen-bond donors (Lipinski definition) is 1. The fourth-order valence-corrected chi connectivity index (χ4v) is 3.50. The van der Waals surface area contributed by atoms with Crippen LogP contribution in [0, 0.1) is 11.8 Å². The van der Waals surface area contributed by atoms with Crippen LogP contribution in [0.4, 0.5) is 0 Å². The largest absolute Gasteiger partial charge is 0.481 e. The van der Waals surface area contributed by atoms with Gasteiger partial charge >= 0.3 is 5.97 Å². The van der Waals surface area contributed by atoms with Gasteiger partial charge in [-0.15, -0.1) is 0 Å². The molecule has 2 unspecified atom stereocenters. The van der Waals surface area contributed by atoms with Crippen LogP contribution in [0.15, 0.2) is 30.3 Å². The third-order valence-corrected chi connectivity index (χ3v) is 4.69. The first-order valence-corrected chi connectivity index (χ1v) is 8.54. The van der Waals surface area contributed by atoms with Gasteiger partial charge in [0.25, 0.3) is 0 Å². The molecule has 2 atom stereocenters. The number of benzene rings is 1. The van der Waals surface area contributed by atoms with Crippen molar-refractivity contribution < 1.29 is 14.7 Å². The number of piperidine rings is 1. The van der Waals surface area contributed by atoms with Gasteiger partial charge in [0.05, 0.1) is 5.92 Å². The highest BCUT2D eigenvalue weighted by Gasteiger charge is 2.31. The van der Waals surface area contributed by atoms with E-state index in [1.165, 1.54) is 0 Å². The first-order valence-electron chi connectivity index (χ1n) is 8.54. The van der Waals surface area contributed by atoms with Crippen molar-refractivity contribution >= 4 is 11.9 Å². The highest BCUT2D eigenvalue weighted by molar-refractivity contribution is 5.84. The van der Waals surface area contributed by atoms with Crippen LogP contribution >= 0.6 is 0 Å². The molecule has 126 valence electrons. The Bertz CT molecular complexity index is 527. The number of carboxylic acid groups (broad SMARTS) is 1. The number of carboxylic acids is 1. The highest BCUT2D eigenvalue weighted by Crippen LogP contribution is 2.29. The van der Waals surface area contributed by atoms with Crippen molar-refractivity contribution in [1.29, 1.82) is 0 Å². The Morgan fingerprint density at radius 1 is 1.26 bits per heavy atom. The number of rotatable bonds is 6. The van der Waals surface area contributed by atoms with Crippen molar-refractivity contribution in [3.8, 4) is 0 Å². The summed E-state index contributed by atoms with van der Waals surface area (Å²) in [6.07, 6.45) is 2.85. The van der Waals surface area contributed by atoms with E-state index >= 15 is 0 Å². The fourth-order valence-electron chi connectivity index (χ4n) is 3.50. The Hall–Kier alpha value is -1.84. The smallest absolute Gasteiger partial charge is 0.303 e. The maximum absolute atomic E-state index is 13.0. The summed E-state index contributed by atoms with van der Waals surface area (Å²) in [7, 11) is 0. The van der Waals surface area contributed by atoms with Crippen LogP contribution in [0.2, 0.25) is 0 Å². The fraction of sp³-hybridized carbons (Fsp3) is 0.579.